The summed E-state index contributed by atoms with van der Waals surface area (Å²) in [6.07, 6.45) is 7.60. The van der Waals surface area contributed by atoms with Crippen molar-refractivity contribution in [2.45, 2.75) is 97.7 Å². The van der Waals surface area contributed by atoms with Gasteiger partial charge >= 0.3 is 0 Å². The maximum Gasteiger partial charge on any atom is 0.243 e. The van der Waals surface area contributed by atoms with Crippen LogP contribution >= 0.6 is 0 Å². The van der Waals surface area contributed by atoms with E-state index in [1.165, 1.54) is 17.0 Å². The minimum Gasteiger partial charge on any atom is -0.352 e. The number of carbonyl (C=O) groups excluding carboxylic acids is 2. The predicted molar refractivity (Wildman–Crippen MR) is 158 cm³/mol. The Bertz CT molecular complexity index is 1220. The Balaban J connectivity index is 1.77. The molecule has 1 unspecified atom stereocenters. The maximum absolute atomic E-state index is 13.7. The van der Waals surface area contributed by atoms with Crippen molar-refractivity contribution < 1.29 is 18.0 Å². The van der Waals surface area contributed by atoms with Crippen LogP contribution in [0.2, 0.25) is 0 Å². The zero-order chi connectivity index (χ0) is 28.6. The molecule has 1 atom stereocenters. The van der Waals surface area contributed by atoms with Gasteiger partial charge in [0.25, 0.3) is 0 Å². The largest absolute Gasteiger partial charge is 0.352 e. The molecule has 0 saturated heterocycles. The van der Waals surface area contributed by atoms with Gasteiger partial charge in [0, 0.05) is 25.6 Å². The molecule has 0 spiro atoms. The first-order valence-corrected chi connectivity index (χ1v) is 16.1. The van der Waals surface area contributed by atoms with Crippen molar-refractivity contribution in [3.8, 4) is 0 Å². The molecule has 2 aromatic carbocycles. The molecule has 0 aromatic heterocycles. The van der Waals surface area contributed by atoms with Gasteiger partial charge in [-0.1, -0.05) is 68.1 Å². The molecule has 1 N–H and O–H groups in total. The average molecular weight is 556 g/mol. The summed E-state index contributed by atoms with van der Waals surface area (Å²) in [6, 6.07) is 13.2. The van der Waals surface area contributed by atoms with Gasteiger partial charge in [-0.25, -0.2) is 8.42 Å². The first-order chi connectivity index (χ1) is 18.5. The van der Waals surface area contributed by atoms with Gasteiger partial charge in [0.2, 0.25) is 21.8 Å². The predicted octanol–water partition coefficient (Wildman–Crippen LogP) is 5.41. The van der Waals surface area contributed by atoms with E-state index in [1.807, 2.05) is 64.1 Å². The molecule has 8 heteroatoms. The monoisotopic (exact) mass is 555 g/mol. The lowest BCUT2D eigenvalue weighted by molar-refractivity contribution is -0.141. The topological polar surface area (TPSA) is 86.8 Å². The normalized spacial score (nSPS) is 15.0. The number of amides is 2. The van der Waals surface area contributed by atoms with Crippen molar-refractivity contribution in [1.29, 1.82) is 0 Å². The molecule has 39 heavy (non-hydrogen) atoms. The van der Waals surface area contributed by atoms with Gasteiger partial charge in [0.15, 0.2) is 0 Å². The number of aryl methyl sites for hydroxylation is 2. The van der Waals surface area contributed by atoms with E-state index in [2.05, 4.69) is 5.32 Å². The van der Waals surface area contributed by atoms with E-state index < -0.39 is 16.1 Å². The molecule has 1 fully saturated rings. The van der Waals surface area contributed by atoms with Crippen molar-refractivity contribution in [2.75, 3.05) is 17.1 Å². The van der Waals surface area contributed by atoms with Crippen LogP contribution < -0.4 is 9.62 Å². The molecule has 0 aliphatic heterocycles. The number of nitrogens with one attached hydrogen (secondary N) is 1. The molecular weight excluding hydrogens is 510 g/mol. The quantitative estimate of drug-likeness (QED) is 0.379. The van der Waals surface area contributed by atoms with Crippen molar-refractivity contribution >= 4 is 27.5 Å². The first kappa shape index (κ1) is 30.7. The Labute approximate surface area is 235 Å². The summed E-state index contributed by atoms with van der Waals surface area (Å²) in [5.41, 5.74) is 4.65. The highest BCUT2D eigenvalue weighted by atomic mass is 32.2. The summed E-state index contributed by atoms with van der Waals surface area (Å²) in [5.74, 6) is -0.242. The molecule has 0 radical (unpaired) electrons. The lowest BCUT2D eigenvalue weighted by Crippen LogP contribution is -2.51. The molecule has 7 nitrogen and oxygen atoms in total. The summed E-state index contributed by atoms with van der Waals surface area (Å²) in [5, 5.41) is 3.21. The summed E-state index contributed by atoms with van der Waals surface area (Å²) in [6.45, 7) is 8.35. The number of hydrogen-bond acceptors (Lipinski definition) is 4. The number of sulfonamides is 1. The van der Waals surface area contributed by atoms with Crippen LogP contribution in [0, 0.1) is 20.8 Å². The number of carbonyl (C=O) groups is 2. The average Bonchev–Trinajstić information content (AvgIpc) is 2.89. The molecule has 214 valence electrons. The van der Waals surface area contributed by atoms with Gasteiger partial charge in [-0.2, -0.15) is 0 Å². The molecule has 3 rings (SSSR count). The number of benzene rings is 2. The van der Waals surface area contributed by atoms with E-state index in [-0.39, 0.29) is 30.8 Å². The number of anilines is 1. The van der Waals surface area contributed by atoms with E-state index in [0.29, 0.717) is 25.1 Å². The second-order valence-electron chi connectivity index (χ2n) is 10.9. The third-order valence-corrected chi connectivity index (χ3v) is 8.99. The van der Waals surface area contributed by atoms with E-state index in [4.69, 9.17) is 0 Å². The fraction of sp³-hybridized carbons (Fsp3) is 0.548. The Kier molecular flexibility index (Phi) is 11.0. The minimum atomic E-state index is -3.53. The summed E-state index contributed by atoms with van der Waals surface area (Å²) in [7, 11) is -3.53. The second-order valence-corrected chi connectivity index (χ2v) is 12.8. The highest BCUT2D eigenvalue weighted by Crippen LogP contribution is 2.26. The third-order valence-electron chi connectivity index (χ3n) is 7.81. The van der Waals surface area contributed by atoms with Gasteiger partial charge < -0.3 is 10.2 Å². The fourth-order valence-electron chi connectivity index (χ4n) is 5.34. The van der Waals surface area contributed by atoms with Crippen LogP contribution in [-0.2, 0) is 26.2 Å². The van der Waals surface area contributed by atoms with Gasteiger partial charge in [0.05, 0.1) is 11.9 Å². The van der Waals surface area contributed by atoms with Gasteiger partial charge in [-0.3, -0.25) is 13.9 Å². The molecule has 2 amide bonds. The van der Waals surface area contributed by atoms with Crippen molar-refractivity contribution in [2.24, 2.45) is 0 Å². The second kappa shape index (κ2) is 14.0. The number of hydrogen-bond donors (Lipinski definition) is 1. The first-order valence-electron chi connectivity index (χ1n) is 14.2. The highest BCUT2D eigenvalue weighted by molar-refractivity contribution is 7.92. The molecule has 2 aromatic rings. The van der Waals surface area contributed by atoms with E-state index in [0.717, 1.165) is 47.9 Å². The standard InChI is InChI=1S/C31H45N3O4S/c1-6-28(31(36)32-27-13-8-7-9-14-27)33(22-26-19-17-23(2)18-20-26)30(35)16-11-21-34(39(5,37)38)29-15-10-12-24(3)25(29)4/h10,12,15,17-20,27-28H,6-9,11,13-14,16,21-22H2,1-5H3,(H,32,36). The maximum atomic E-state index is 13.7. The van der Waals surface area contributed by atoms with Crippen LogP contribution in [0.1, 0.15) is 80.5 Å². The Morgan fingerprint density at radius 2 is 1.67 bits per heavy atom. The summed E-state index contributed by atoms with van der Waals surface area (Å²) < 4.78 is 26.8. The lowest BCUT2D eigenvalue weighted by atomic mass is 9.95. The van der Waals surface area contributed by atoms with Crippen LogP contribution in [0.3, 0.4) is 0 Å². The van der Waals surface area contributed by atoms with Gasteiger partial charge in [-0.15, -0.1) is 0 Å². The SMILES string of the molecule is CCC(C(=O)NC1CCCCC1)N(Cc1ccc(C)cc1)C(=O)CCCN(c1cccc(C)c1C)S(C)(=O)=O. The molecule has 1 saturated carbocycles. The van der Waals surface area contributed by atoms with Crippen LogP contribution in [0.25, 0.3) is 0 Å². The van der Waals surface area contributed by atoms with Crippen molar-refractivity contribution in [3.05, 3.63) is 64.7 Å². The zero-order valence-corrected chi connectivity index (χ0v) is 25.0. The highest BCUT2D eigenvalue weighted by Gasteiger charge is 2.30. The van der Waals surface area contributed by atoms with E-state index in [1.54, 1.807) is 11.0 Å². The number of nitrogens with zero attached hydrogens (tertiary/aromatic N) is 2. The number of rotatable bonds is 12. The van der Waals surface area contributed by atoms with Gasteiger partial charge in [-0.05, 0) is 69.2 Å². The Morgan fingerprint density at radius 1 is 1.00 bits per heavy atom. The van der Waals surface area contributed by atoms with E-state index in [9.17, 15) is 18.0 Å². The van der Waals surface area contributed by atoms with E-state index >= 15 is 0 Å². The zero-order valence-electron chi connectivity index (χ0n) is 24.2. The minimum absolute atomic E-state index is 0.0991. The molecule has 1 aliphatic rings. The third kappa shape index (κ3) is 8.56. The van der Waals surface area contributed by atoms with Gasteiger partial charge in [0.1, 0.15) is 6.04 Å². The van der Waals surface area contributed by atoms with Crippen LogP contribution in [0.15, 0.2) is 42.5 Å². The van der Waals surface area contributed by atoms with Crippen LogP contribution in [0.5, 0.6) is 0 Å². The smallest absolute Gasteiger partial charge is 0.243 e. The van der Waals surface area contributed by atoms with Crippen molar-refractivity contribution in [1.82, 2.24) is 10.2 Å². The van der Waals surface area contributed by atoms with Crippen LogP contribution in [-0.4, -0.2) is 50.0 Å². The van der Waals surface area contributed by atoms with Crippen molar-refractivity contribution in [3.63, 3.8) is 0 Å². The fourth-order valence-corrected chi connectivity index (χ4v) is 6.36. The molecular formula is C31H45N3O4S. The lowest BCUT2D eigenvalue weighted by Gasteiger charge is -2.33. The van der Waals surface area contributed by atoms with Crippen LogP contribution in [0.4, 0.5) is 5.69 Å². The summed E-state index contributed by atoms with van der Waals surface area (Å²) >= 11 is 0. The Morgan fingerprint density at radius 3 is 2.28 bits per heavy atom. The molecule has 1 aliphatic carbocycles. The Hall–Kier alpha value is -2.87. The molecule has 0 bridgehead atoms. The molecule has 0 heterocycles. The summed E-state index contributed by atoms with van der Waals surface area (Å²) in [4.78, 5) is 28.8.